The molecule has 8 rings (SSSR count). The summed E-state index contributed by atoms with van der Waals surface area (Å²) in [6.07, 6.45) is 0. The largest absolute Gasteiger partial charge is 0.496 e. The van der Waals surface area contributed by atoms with Crippen LogP contribution in [0.2, 0.25) is 0 Å². The van der Waals surface area contributed by atoms with E-state index in [-0.39, 0.29) is 0 Å². The normalized spacial score (nSPS) is 16.6. The van der Waals surface area contributed by atoms with E-state index >= 15 is 0 Å². The molecule has 2 heterocycles. The van der Waals surface area contributed by atoms with Gasteiger partial charge in [-0.3, -0.25) is 0 Å². The highest BCUT2D eigenvalue weighted by atomic mass is 16.7. The average molecular weight is 520 g/mol. The molecular weight excluding hydrogens is 491 g/mol. The number of rotatable bonds is 2. The Labute approximate surface area is 233 Å². The number of hydrogen-bond acceptors (Lipinski definition) is 3. The van der Waals surface area contributed by atoms with E-state index in [0.717, 1.165) is 54.5 Å². The van der Waals surface area contributed by atoms with Crippen molar-refractivity contribution in [3.05, 3.63) is 103 Å². The lowest BCUT2D eigenvalue weighted by Gasteiger charge is -2.32. The molecule has 0 N–H and O–H groups in total. The van der Waals surface area contributed by atoms with Crippen molar-refractivity contribution in [2.24, 2.45) is 0 Å². The van der Waals surface area contributed by atoms with Crippen molar-refractivity contribution in [2.75, 3.05) is 0 Å². The van der Waals surface area contributed by atoms with Gasteiger partial charge in [0.05, 0.1) is 11.2 Å². The van der Waals surface area contributed by atoms with Crippen LogP contribution in [-0.4, -0.2) is 18.3 Å². The van der Waals surface area contributed by atoms with Gasteiger partial charge < -0.3 is 13.7 Å². The summed E-state index contributed by atoms with van der Waals surface area (Å²) < 4.78 is 19.9. The van der Waals surface area contributed by atoms with Crippen LogP contribution in [0, 0.1) is 0 Å². The third kappa shape index (κ3) is 3.27. The van der Waals surface area contributed by atoms with Crippen LogP contribution in [0.1, 0.15) is 27.7 Å². The second-order valence-corrected chi connectivity index (χ2v) is 11.9. The minimum atomic E-state index is -0.469. The van der Waals surface area contributed by atoms with E-state index in [1.165, 1.54) is 16.3 Å². The SMILES string of the molecule is CC1(C)OB(c2c3ccccc3c(-c3cccc4c3oc3cc5ccccc5cc34)c3ccccc23)OC1(C)C. The Kier molecular flexibility index (Phi) is 4.87. The summed E-state index contributed by atoms with van der Waals surface area (Å²) in [5.74, 6) is 0. The van der Waals surface area contributed by atoms with Crippen LogP contribution in [0.4, 0.5) is 0 Å². The zero-order valence-electron chi connectivity index (χ0n) is 23.1. The van der Waals surface area contributed by atoms with Gasteiger partial charge in [-0.1, -0.05) is 91.0 Å². The minimum Gasteiger partial charge on any atom is -0.455 e. The van der Waals surface area contributed by atoms with Gasteiger partial charge in [0.25, 0.3) is 0 Å². The van der Waals surface area contributed by atoms with E-state index in [1.807, 2.05) is 0 Å². The average Bonchev–Trinajstić information content (AvgIpc) is 3.42. The summed E-state index contributed by atoms with van der Waals surface area (Å²) >= 11 is 0. The molecule has 1 aromatic heterocycles. The fraction of sp³-hybridized carbons (Fsp3) is 0.167. The number of fused-ring (bicyclic) bond motifs is 6. The molecule has 4 heteroatoms. The fourth-order valence-electron chi connectivity index (χ4n) is 6.35. The van der Waals surface area contributed by atoms with Gasteiger partial charge in [0.15, 0.2) is 0 Å². The predicted octanol–water partition coefficient (Wildman–Crippen LogP) is 9.01. The van der Waals surface area contributed by atoms with Crippen molar-refractivity contribution in [3.8, 4) is 11.1 Å². The Morgan fingerprint density at radius 3 is 1.68 bits per heavy atom. The second kappa shape index (κ2) is 8.20. The standard InChI is InChI=1S/C36H29BO3/c1-35(2)36(3,4)40-37(39-35)33-26-16-9-7-14-24(26)32(25-15-8-10-17-27(25)33)29-19-11-18-28-30-20-22-12-5-6-13-23(22)21-31(30)38-34(28)29/h5-21H,1-4H3. The lowest BCUT2D eigenvalue weighted by atomic mass is 9.71. The van der Waals surface area contributed by atoms with Gasteiger partial charge in [-0.2, -0.15) is 0 Å². The smallest absolute Gasteiger partial charge is 0.455 e. The Balaban J connectivity index is 1.46. The van der Waals surface area contributed by atoms with Crippen LogP contribution >= 0.6 is 0 Å². The van der Waals surface area contributed by atoms with Crippen LogP contribution < -0.4 is 5.46 Å². The number of benzene rings is 6. The van der Waals surface area contributed by atoms with Gasteiger partial charge in [-0.15, -0.1) is 0 Å². The van der Waals surface area contributed by atoms with Gasteiger partial charge in [0, 0.05) is 21.9 Å². The molecule has 1 aliphatic heterocycles. The van der Waals surface area contributed by atoms with Gasteiger partial charge in [0.2, 0.25) is 0 Å². The number of para-hydroxylation sites is 1. The van der Waals surface area contributed by atoms with Crippen LogP contribution in [-0.2, 0) is 9.31 Å². The Morgan fingerprint density at radius 1 is 0.525 bits per heavy atom. The molecule has 0 aliphatic carbocycles. The molecule has 0 spiro atoms. The molecule has 7 aromatic rings. The highest BCUT2D eigenvalue weighted by Crippen LogP contribution is 2.44. The van der Waals surface area contributed by atoms with Crippen molar-refractivity contribution >= 4 is 66.8 Å². The maximum absolute atomic E-state index is 6.68. The Hall–Kier alpha value is -4.12. The molecule has 0 unspecified atom stereocenters. The molecule has 1 aliphatic rings. The van der Waals surface area contributed by atoms with Crippen molar-refractivity contribution in [3.63, 3.8) is 0 Å². The fourth-order valence-corrected chi connectivity index (χ4v) is 6.35. The first-order valence-electron chi connectivity index (χ1n) is 14.0. The van der Waals surface area contributed by atoms with Crippen molar-refractivity contribution in [2.45, 2.75) is 38.9 Å². The van der Waals surface area contributed by atoms with Crippen LogP contribution in [0.3, 0.4) is 0 Å². The monoisotopic (exact) mass is 520 g/mol. The van der Waals surface area contributed by atoms with E-state index in [0.29, 0.717) is 0 Å². The van der Waals surface area contributed by atoms with Crippen molar-refractivity contribution in [1.29, 1.82) is 0 Å². The van der Waals surface area contributed by atoms with Crippen molar-refractivity contribution < 1.29 is 13.7 Å². The molecule has 0 saturated carbocycles. The number of furan rings is 1. The quantitative estimate of drug-likeness (QED) is 0.168. The topological polar surface area (TPSA) is 31.6 Å². The van der Waals surface area contributed by atoms with E-state index in [9.17, 15) is 0 Å². The summed E-state index contributed by atoms with van der Waals surface area (Å²) in [5, 5.41) is 9.23. The lowest BCUT2D eigenvalue weighted by Crippen LogP contribution is -2.41. The summed E-state index contributed by atoms with van der Waals surface area (Å²) in [5.41, 5.74) is 4.29. The van der Waals surface area contributed by atoms with Crippen LogP contribution in [0.25, 0.3) is 65.4 Å². The Morgan fingerprint density at radius 2 is 1.05 bits per heavy atom. The third-order valence-electron chi connectivity index (χ3n) is 9.10. The molecule has 40 heavy (non-hydrogen) atoms. The highest BCUT2D eigenvalue weighted by molar-refractivity contribution is 6.69. The van der Waals surface area contributed by atoms with E-state index in [1.54, 1.807) is 0 Å². The predicted molar refractivity (Wildman–Crippen MR) is 167 cm³/mol. The summed E-state index contributed by atoms with van der Waals surface area (Å²) in [7, 11) is -0.469. The van der Waals surface area contributed by atoms with Gasteiger partial charge in [-0.25, -0.2) is 0 Å². The molecular formula is C36H29BO3. The maximum atomic E-state index is 6.68. The first-order valence-corrected chi connectivity index (χ1v) is 14.0. The summed E-state index contributed by atoms with van der Waals surface area (Å²) in [4.78, 5) is 0. The van der Waals surface area contributed by atoms with Crippen LogP contribution in [0.15, 0.2) is 108 Å². The van der Waals surface area contributed by atoms with E-state index < -0.39 is 18.3 Å². The molecule has 6 aromatic carbocycles. The van der Waals surface area contributed by atoms with E-state index in [2.05, 4.69) is 131 Å². The Bertz CT molecular complexity index is 2060. The molecule has 194 valence electrons. The summed E-state index contributed by atoms with van der Waals surface area (Å²) in [6.45, 7) is 8.43. The maximum Gasteiger partial charge on any atom is 0.496 e. The van der Waals surface area contributed by atoms with Gasteiger partial charge in [0.1, 0.15) is 11.2 Å². The minimum absolute atomic E-state index is 0.429. The molecule has 1 saturated heterocycles. The molecule has 1 fully saturated rings. The zero-order valence-corrected chi connectivity index (χ0v) is 23.1. The third-order valence-corrected chi connectivity index (χ3v) is 9.10. The molecule has 0 bridgehead atoms. The molecule has 3 nitrogen and oxygen atoms in total. The van der Waals surface area contributed by atoms with Crippen molar-refractivity contribution in [1.82, 2.24) is 0 Å². The molecule has 0 amide bonds. The molecule has 0 atom stereocenters. The highest BCUT2D eigenvalue weighted by Gasteiger charge is 2.52. The summed E-state index contributed by atoms with van der Waals surface area (Å²) in [6, 6.07) is 36.6. The second-order valence-electron chi connectivity index (χ2n) is 11.9. The van der Waals surface area contributed by atoms with Gasteiger partial charge in [-0.05, 0) is 77.6 Å². The van der Waals surface area contributed by atoms with Gasteiger partial charge >= 0.3 is 7.12 Å². The first-order chi connectivity index (χ1) is 19.3. The lowest BCUT2D eigenvalue weighted by molar-refractivity contribution is 0.00578. The van der Waals surface area contributed by atoms with E-state index in [4.69, 9.17) is 13.7 Å². The zero-order chi connectivity index (χ0) is 27.2. The molecule has 0 radical (unpaired) electrons. The first kappa shape index (κ1) is 23.7. The number of hydrogen-bond donors (Lipinski definition) is 0. The van der Waals surface area contributed by atoms with Crippen LogP contribution in [0.5, 0.6) is 0 Å².